The van der Waals surface area contributed by atoms with Crippen molar-refractivity contribution >= 4 is 8.32 Å². The third-order valence-corrected chi connectivity index (χ3v) is 12.9. The average Bonchev–Trinajstić information content (AvgIpc) is 2.96. The van der Waals surface area contributed by atoms with Gasteiger partial charge in [-0.1, -0.05) is 107 Å². The van der Waals surface area contributed by atoms with Crippen molar-refractivity contribution in [3.8, 4) is 17.6 Å². The fourth-order valence-electron chi connectivity index (χ4n) is 4.84. The molecule has 0 aromatic heterocycles. The van der Waals surface area contributed by atoms with Crippen molar-refractivity contribution in [3.05, 3.63) is 77.9 Å². The van der Waals surface area contributed by atoms with Crippen LogP contribution >= 0.6 is 0 Å². The first-order chi connectivity index (χ1) is 20.1. The van der Waals surface area contributed by atoms with Crippen molar-refractivity contribution in [2.24, 2.45) is 0 Å². The maximum Gasteiger partial charge on any atom is 0.194 e. The van der Waals surface area contributed by atoms with Gasteiger partial charge >= 0.3 is 0 Å². The lowest BCUT2D eigenvalue weighted by atomic mass is 9.98. The van der Waals surface area contributed by atoms with Crippen molar-refractivity contribution in [1.29, 1.82) is 0 Å². The molecule has 1 fully saturated rings. The fourth-order valence-corrected chi connectivity index (χ4v) is 5.97. The summed E-state index contributed by atoms with van der Waals surface area (Å²) in [6.45, 7) is 19.0. The normalized spacial score (nSPS) is 17.1. The highest BCUT2D eigenvalue weighted by molar-refractivity contribution is 6.74. The Morgan fingerprint density at radius 2 is 1.86 bits per heavy atom. The molecule has 1 aliphatic heterocycles. The molecule has 3 rings (SSSR count). The Kier molecular flexibility index (Phi) is 13.9. The number of allylic oxidation sites excluding steroid dienone is 1. The van der Waals surface area contributed by atoms with Crippen LogP contribution in [0.4, 0.5) is 0 Å². The van der Waals surface area contributed by atoms with E-state index in [4.69, 9.17) is 18.6 Å². The average molecular weight is 591 g/mol. The largest absolute Gasteiger partial charge is 0.489 e. The second-order valence-corrected chi connectivity index (χ2v) is 17.7. The Morgan fingerprint density at radius 1 is 1.07 bits per heavy atom. The highest BCUT2D eigenvalue weighted by Gasteiger charge is 2.39. The predicted molar refractivity (Wildman–Crippen MR) is 177 cm³/mol. The van der Waals surface area contributed by atoms with Gasteiger partial charge in [-0.3, -0.25) is 0 Å². The minimum Gasteiger partial charge on any atom is -0.489 e. The fraction of sp³-hybridized carbons (Fsp3) is 0.568. The summed E-state index contributed by atoms with van der Waals surface area (Å²) in [5.74, 6) is 7.95. The lowest BCUT2D eigenvalue weighted by Crippen LogP contribution is -2.41. The quantitative estimate of drug-likeness (QED) is 0.0895. The second kappa shape index (κ2) is 17.1. The van der Waals surface area contributed by atoms with E-state index in [-0.39, 0.29) is 23.5 Å². The van der Waals surface area contributed by atoms with Crippen molar-refractivity contribution < 1.29 is 18.6 Å². The molecule has 0 spiro atoms. The molecule has 0 bridgehead atoms. The molecule has 1 heterocycles. The van der Waals surface area contributed by atoms with Gasteiger partial charge < -0.3 is 18.6 Å². The third-order valence-electron chi connectivity index (χ3n) is 8.43. The number of hydrogen-bond donors (Lipinski definition) is 0. The summed E-state index contributed by atoms with van der Waals surface area (Å²) in [7, 11) is -2.14. The first-order valence-corrected chi connectivity index (χ1v) is 18.9. The van der Waals surface area contributed by atoms with E-state index in [0.717, 1.165) is 61.2 Å². The molecule has 1 aliphatic rings. The minimum atomic E-state index is -2.14. The molecule has 0 amide bonds. The van der Waals surface area contributed by atoms with Crippen LogP contribution in [0.5, 0.6) is 5.75 Å². The number of benzene rings is 2. The molecule has 2 aromatic rings. The first kappa shape index (κ1) is 34.1. The zero-order valence-electron chi connectivity index (χ0n) is 27.0. The Labute approximate surface area is 257 Å². The molecule has 0 aliphatic carbocycles. The zero-order valence-corrected chi connectivity index (χ0v) is 28.0. The number of unbranched alkanes of at least 4 members (excludes halogenated alkanes) is 2. The Bertz CT molecular complexity index is 1140. The maximum absolute atomic E-state index is 7.03. The summed E-state index contributed by atoms with van der Waals surface area (Å²) in [5.41, 5.74) is 3.29. The van der Waals surface area contributed by atoms with E-state index < -0.39 is 8.32 Å². The van der Waals surface area contributed by atoms with Gasteiger partial charge in [0.1, 0.15) is 18.5 Å². The highest BCUT2D eigenvalue weighted by atomic mass is 28.4. The van der Waals surface area contributed by atoms with E-state index in [2.05, 4.69) is 83.5 Å². The lowest BCUT2D eigenvalue weighted by Gasteiger charge is -2.38. The van der Waals surface area contributed by atoms with E-state index in [1.165, 1.54) is 12.8 Å². The molecule has 42 heavy (non-hydrogen) atoms. The predicted octanol–water partition coefficient (Wildman–Crippen LogP) is 9.94. The van der Waals surface area contributed by atoms with Gasteiger partial charge in [0.25, 0.3) is 0 Å². The van der Waals surface area contributed by atoms with E-state index in [9.17, 15) is 0 Å². The number of rotatable bonds is 15. The van der Waals surface area contributed by atoms with E-state index >= 15 is 0 Å². The van der Waals surface area contributed by atoms with Gasteiger partial charge in [0, 0.05) is 18.6 Å². The van der Waals surface area contributed by atoms with Crippen molar-refractivity contribution in [2.75, 3.05) is 6.61 Å². The van der Waals surface area contributed by atoms with Gasteiger partial charge in [-0.05, 0) is 67.4 Å². The van der Waals surface area contributed by atoms with E-state index in [1.807, 2.05) is 30.3 Å². The standard InChI is InChI=1S/C37H54O4Si/c1-8-10-12-22-31(40-36-27-15-16-28-38-36)23-17-26-35(41-42(6,7)37(3,4)5)33-24-18-25-34(32(33)19-9-2)39-29-30-20-13-11-14-21-30/h9,11,13-14,18,20-21,24-25,31,35-36H,2,8,10,12,15-16,19,22-23,27-29H2,1,3-7H3/t31-,35-,36?/m0/s1. The molecule has 2 aromatic carbocycles. The molecule has 0 radical (unpaired) electrons. The number of hydrogen-bond acceptors (Lipinski definition) is 4. The van der Waals surface area contributed by atoms with Crippen LogP contribution in [-0.2, 0) is 26.9 Å². The zero-order chi connectivity index (χ0) is 30.4. The van der Waals surface area contributed by atoms with Crippen LogP contribution in [0.3, 0.4) is 0 Å². The monoisotopic (exact) mass is 590 g/mol. The smallest absolute Gasteiger partial charge is 0.194 e. The van der Waals surface area contributed by atoms with Crippen LogP contribution in [0.25, 0.3) is 0 Å². The number of ether oxygens (including phenoxy) is 3. The molecular weight excluding hydrogens is 536 g/mol. The van der Waals surface area contributed by atoms with Gasteiger partial charge in [-0.2, -0.15) is 0 Å². The van der Waals surface area contributed by atoms with Gasteiger partial charge in [0.2, 0.25) is 0 Å². The SMILES string of the molecule is C=CCc1c(OCc2ccccc2)cccc1[C@H](C#CC[C@H](CCCCC)OC1CCCCO1)O[Si](C)(C)C(C)(C)C. The van der Waals surface area contributed by atoms with Crippen LogP contribution in [0, 0.1) is 11.8 Å². The van der Waals surface area contributed by atoms with Crippen molar-refractivity contribution in [3.63, 3.8) is 0 Å². The summed E-state index contributed by atoms with van der Waals surface area (Å²) in [5, 5.41) is 0.0526. The van der Waals surface area contributed by atoms with Crippen molar-refractivity contribution in [2.45, 2.75) is 129 Å². The van der Waals surface area contributed by atoms with Crippen LogP contribution in [0.1, 0.15) is 102 Å². The van der Waals surface area contributed by atoms with Gasteiger partial charge in [0.05, 0.1) is 6.10 Å². The summed E-state index contributed by atoms with van der Waals surface area (Å²) in [6.07, 6.45) is 10.7. The highest BCUT2D eigenvalue weighted by Crippen LogP contribution is 2.41. The van der Waals surface area contributed by atoms with Crippen LogP contribution in [0.15, 0.2) is 61.2 Å². The molecule has 1 unspecified atom stereocenters. The third kappa shape index (κ3) is 10.7. The molecule has 4 nitrogen and oxygen atoms in total. The molecule has 3 atom stereocenters. The molecule has 230 valence electrons. The maximum atomic E-state index is 7.03. The summed E-state index contributed by atoms with van der Waals surface area (Å²) < 4.78 is 25.8. The Morgan fingerprint density at radius 3 is 2.52 bits per heavy atom. The summed E-state index contributed by atoms with van der Waals surface area (Å²) in [6, 6.07) is 16.5. The van der Waals surface area contributed by atoms with Gasteiger partial charge in [0.15, 0.2) is 14.6 Å². The minimum absolute atomic E-state index is 0.0526. The summed E-state index contributed by atoms with van der Waals surface area (Å²) in [4.78, 5) is 0. The van der Waals surface area contributed by atoms with Crippen LogP contribution in [-0.4, -0.2) is 27.3 Å². The van der Waals surface area contributed by atoms with Gasteiger partial charge in [-0.25, -0.2) is 0 Å². The molecule has 0 N–H and O–H groups in total. The first-order valence-electron chi connectivity index (χ1n) is 16.0. The van der Waals surface area contributed by atoms with Crippen molar-refractivity contribution in [1.82, 2.24) is 0 Å². The van der Waals surface area contributed by atoms with Crippen LogP contribution < -0.4 is 4.74 Å². The van der Waals surface area contributed by atoms with Gasteiger partial charge in [-0.15, -0.1) is 6.58 Å². The molecule has 0 saturated carbocycles. The molecular formula is C37H54O4Si. The lowest BCUT2D eigenvalue weighted by molar-refractivity contribution is -0.188. The molecule has 1 saturated heterocycles. The topological polar surface area (TPSA) is 36.9 Å². The summed E-state index contributed by atoms with van der Waals surface area (Å²) >= 11 is 0. The van der Waals surface area contributed by atoms with E-state index in [0.29, 0.717) is 19.4 Å². The van der Waals surface area contributed by atoms with Crippen LogP contribution in [0.2, 0.25) is 18.1 Å². The Balaban J connectivity index is 1.91. The second-order valence-electron chi connectivity index (χ2n) is 12.9. The van der Waals surface area contributed by atoms with E-state index in [1.54, 1.807) is 0 Å². The Hall–Kier alpha value is -2.36. The molecule has 5 heteroatoms.